The van der Waals surface area contributed by atoms with E-state index in [9.17, 15) is 9.59 Å². The number of hydrogen-bond donors (Lipinski definition) is 2. The molecule has 31 heavy (non-hydrogen) atoms. The first-order valence-electron chi connectivity index (χ1n) is 10.1. The molecule has 0 spiro atoms. The Morgan fingerprint density at radius 3 is 2.65 bits per heavy atom. The van der Waals surface area contributed by atoms with Crippen LogP contribution in [0.2, 0.25) is 0 Å². The molecule has 158 valence electrons. The SMILES string of the molecule is O=C(COc1ccc2c(c1)CCC(=O)N2)NCc1ccc(OCc2cccnc2)cc1. The molecule has 7 nitrogen and oxygen atoms in total. The minimum Gasteiger partial charge on any atom is -0.489 e. The van der Waals surface area contributed by atoms with Crippen LogP contribution in [0, 0.1) is 0 Å². The summed E-state index contributed by atoms with van der Waals surface area (Å²) in [5, 5.41) is 5.67. The molecule has 7 heteroatoms. The van der Waals surface area contributed by atoms with Gasteiger partial charge in [0.15, 0.2) is 6.61 Å². The van der Waals surface area contributed by atoms with Crippen molar-refractivity contribution < 1.29 is 19.1 Å². The highest BCUT2D eigenvalue weighted by atomic mass is 16.5. The lowest BCUT2D eigenvalue weighted by molar-refractivity contribution is -0.123. The Morgan fingerprint density at radius 2 is 1.84 bits per heavy atom. The fourth-order valence-electron chi connectivity index (χ4n) is 3.20. The van der Waals surface area contributed by atoms with Gasteiger partial charge >= 0.3 is 0 Å². The molecule has 0 radical (unpaired) electrons. The maximum atomic E-state index is 12.1. The average molecular weight is 417 g/mol. The van der Waals surface area contributed by atoms with Crippen LogP contribution in [0.4, 0.5) is 5.69 Å². The van der Waals surface area contributed by atoms with E-state index in [2.05, 4.69) is 15.6 Å². The molecule has 1 aliphatic heterocycles. The Kier molecular flexibility index (Phi) is 6.42. The summed E-state index contributed by atoms with van der Waals surface area (Å²) in [4.78, 5) is 27.6. The van der Waals surface area contributed by atoms with Crippen LogP contribution in [-0.2, 0) is 29.2 Å². The third kappa shape index (κ3) is 5.82. The second-order valence-corrected chi connectivity index (χ2v) is 7.23. The Hall–Kier alpha value is -3.87. The number of aryl methyl sites for hydroxylation is 1. The third-order valence-electron chi connectivity index (χ3n) is 4.88. The summed E-state index contributed by atoms with van der Waals surface area (Å²) in [5.41, 5.74) is 3.79. The molecule has 2 N–H and O–H groups in total. The van der Waals surface area contributed by atoms with Crippen LogP contribution < -0.4 is 20.1 Å². The number of aromatic nitrogens is 1. The van der Waals surface area contributed by atoms with Crippen LogP contribution in [-0.4, -0.2) is 23.4 Å². The Labute approximate surface area is 180 Å². The largest absolute Gasteiger partial charge is 0.489 e. The van der Waals surface area contributed by atoms with Crippen molar-refractivity contribution in [3.63, 3.8) is 0 Å². The number of nitrogens with zero attached hydrogens (tertiary/aromatic N) is 1. The van der Waals surface area contributed by atoms with Gasteiger partial charge in [-0.05, 0) is 53.9 Å². The number of fused-ring (bicyclic) bond motifs is 1. The molecule has 2 heterocycles. The first kappa shape index (κ1) is 20.4. The number of hydrogen-bond acceptors (Lipinski definition) is 5. The topological polar surface area (TPSA) is 89.6 Å². The van der Waals surface area contributed by atoms with E-state index in [-0.39, 0.29) is 18.4 Å². The Morgan fingerprint density at radius 1 is 1.00 bits per heavy atom. The fourth-order valence-corrected chi connectivity index (χ4v) is 3.20. The van der Waals surface area contributed by atoms with E-state index in [1.807, 2.05) is 42.5 Å². The lowest BCUT2D eigenvalue weighted by Gasteiger charge is -2.17. The zero-order valence-electron chi connectivity index (χ0n) is 17.0. The number of ether oxygens (including phenoxy) is 2. The quantitative estimate of drug-likeness (QED) is 0.587. The lowest BCUT2D eigenvalue weighted by Crippen LogP contribution is -2.28. The molecule has 1 aliphatic rings. The fraction of sp³-hybridized carbons (Fsp3) is 0.208. The molecule has 2 aromatic carbocycles. The van der Waals surface area contributed by atoms with Crippen molar-refractivity contribution in [3.8, 4) is 11.5 Å². The summed E-state index contributed by atoms with van der Waals surface area (Å²) in [6.07, 6.45) is 4.63. The van der Waals surface area contributed by atoms with Gasteiger partial charge < -0.3 is 20.1 Å². The summed E-state index contributed by atoms with van der Waals surface area (Å²) in [6.45, 7) is 0.787. The second kappa shape index (κ2) is 9.75. The van der Waals surface area contributed by atoms with Crippen LogP contribution in [0.25, 0.3) is 0 Å². The molecule has 2 amide bonds. The van der Waals surface area contributed by atoms with Gasteiger partial charge in [0.25, 0.3) is 5.91 Å². The molecule has 0 atom stereocenters. The van der Waals surface area contributed by atoms with Gasteiger partial charge in [-0.15, -0.1) is 0 Å². The van der Waals surface area contributed by atoms with Gasteiger partial charge in [-0.2, -0.15) is 0 Å². The minimum atomic E-state index is -0.206. The van der Waals surface area contributed by atoms with E-state index in [1.165, 1.54) is 0 Å². The minimum absolute atomic E-state index is 0.0219. The summed E-state index contributed by atoms with van der Waals surface area (Å²) in [7, 11) is 0. The van der Waals surface area contributed by atoms with Gasteiger partial charge in [-0.3, -0.25) is 14.6 Å². The number of carbonyl (C=O) groups is 2. The van der Waals surface area contributed by atoms with E-state index in [0.717, 1.165) is 28.1 Å². The van der Waals surface area contributed by atoms with Crippen molar-refractivity contribution in [2.45, 2.75) is 26.0 Å². The van der Waals surface area contributed by atoms with E-state index >= 15 is 0 Å². The Balaban J connectivity index is 1.20. The maximum Gasteiger partial charge on any atom is 0.258 e. The molecule has 0 unspecified atom stereocenters. The van der Waals surface area contributed by atoms with Crippen LogP contribution >= 0.6 is 0 Å². The van der Waals surface area contributed by atoms with E-state index < -0.39 is 0 Å². The predicted molar refractivity (Wildman–Crippen MR) is 116 cm³/mol. The summed E-state index contributed by atoms with van der Waals surface area (Å²) < 4.78 is 11.3. The highest BCUT2D eigenvalue weighted by Gasteiger charge is 2.15. The molecule has 3 aromatic rings. The number of carbonyl (C=O) groups excluding carboxylic acids is 2. The van der Waals surface area contributed by atoms with Crippen LogP contribution in [0.3, 0.4) is 0 Å². The third-order valence-corrected chi connectivity index (χ3v) is 4.88. The molecule has 0 aliphatic carbocycles. The van der Waals surface area contributed by atoms with Gasteiger partial charge in [0, 0.05) is 36.6 Å². The molecular formula is C24H23N3O4. The van der Waals surface area contributed by atoms with Crippen molar-refractivity contribution >= 4 is 17.5 Å². The van der Waals surface area contributed by atoms with E-state index in [0.29, 0.717) is 31.7 Å². The van der Waals surface area contributed by atoms with Gasteiger partial charge in [0.1, 0.15) is 18.1 Å². The standard InChI is InChI=1S/C24H23N3O4/c28-23-10-5-19-12-21(8-9-22(19)27-23)31-16-24(29)26-14-17-3-6-20(7-4-17)30-15-18-2-1-11-25-13-18/h1-4,6-9,11-13H,5,10,14-16H2,(H,26,29)(H,27,28). The van der Waals surface area contributed by atoms with Crippen molar-refractivity contribution in [2.24, 2.45) is 0 Å². The summed E-state index contributed by atoms with van der Waals surface area (Å²) in [5.74, 6) is 1.18. The van der Waals surface area contributed by atoms with Crippen LogP contribution in [0.5, 0.6) is 11.5 Å². The van der Waals surface area contributed by atoms with Crippen molar-refractivity contribution in [1.82, 2.24) is 10.3 Å². The maximum absolute atomic E-state index is 12.1. The number of anilines is 1. The summed E-state index contributed by atoms with van der Waals surface area (Å²) in [6, 6.07) is 16.8. The summed E-state index contributed by atoms with van der Waals surface area (Å²) >= 11 is 0. The highest BCUT2D eigenvalue weighted by Crippen LogP contribution is 2.26. The number of nitrogens with one attached hydrogen (secondary N) is 2. The average Bonchev–Trinajstić information content (AvgIpc) is 2.81. The molecule has 0 saturated heterocycles. The zero-order valence-corrected chi connectivity index (χ0v) is 17.0. The van der Waals surface area contributed by atoms with Crippen molar-refractivity contribution in [2.75, 3.05) is 11.9 Å². The lowest BCUT2D eigenvalue weighted by atomic mass is 10.0. The number of rotatable bonds is 8. The van der Waals surface area contributed by atoms with Crippen molar-refractivity contribution in [1.29, 1.82) is 0 Å². The molecule has 1 aromatic heterocycles. The van der Waals surface area contributed by atoms with Gasteiger partial charge in [-0.25, -0.2) is 0 Å². The van der Waals surface area contributed by atoms with Gasteiger partial charge in [-0.1, -0.05) is 18.2 Å². The number of amides is 2. The first-order chi connectivity index (χ1) is 15.2. The van der Waals surface area contributed by atoms with Crippen LogP contribution in [0.1, 0.15) is 23.1 Å². The molecular weight excluding hydrogens is 394 g/mol. The Bertz CT molecular complexity index is 1050. The first-order valence-corrected chi connectivity index (χ1v) is 10.1. The van der Waals surface area contributed by atoms with E-state index in [4.69, 9.17) is 9.47 Å². The smallest absolute Gasteiger partial charge is 0.258 e. The van der Waals surface area contributed by atoms with E-state index in [1.54, 1.807) is 24.5 Å². The van der Waals surface area contributed by atoms with Gasteiger partial charge in [0.2, 0.25) is 5.91 Å². The number of pyridine rings is 1. The van der Waals surface area contributed by atoms with Crippen molar-refractivity contribution in [3.05, 3.63) is 83.7 Å². The molecule has 0 fully saturated rings. The normalized spacial score (nSPS) is 12.5. The monoisotopic (exact) mass is 417 g/mol. The predicted octanol–water partition coefficient (Wildman–Crippen LogP) is 3.24. The molecule has 4 rings (SSSR count). The molecule has 0 bridgehead atoms. The molecule has 0 saturated carbocycles. The van der Waals surface area contributed by atoms with Gasteiger partial charge in [0.05, 0.1) is 0 Å². The second-order valence-electron chi connectivity index (χ2n) is 7.23. The number of benzene rings is 2. The van der Waals surface area contributed by atoms with Crippen LogP contribution in [0.15, 0.2) is 67.0 Å². The zero-order chi connectivity index (χ0) is 21.5. The highest BCUT2D eigenvalue weighted by molar-refractivity contribution is 5.94.